The summed E-state index contributed by atoms with van der Waals surface area (Å²) in [4.78, 5) is 9.82. The largest absolute Gasteiger partial charge is 0.252 e. The van der Waals surface area contributed by atoms with Crippen molar-refractivity contribution >= 4 is 0 Å². The van der Waals surface area contributed by atoms with Gasteiger partial charge in [0.2, 0.25) is 0 Å². The number of rotatable bonds is 3. The minimum atomic E-state index is 0.890. The van der Waals surface area contributed by atoms with E-state index in [1.54, 1.807) is 0 Å². The standard InChI is InChI=1S/C25H22N2/c1-17-4-10-20(11-5-17)23-16-26-24(21-12-6-18(2)7-13-21)25(27-23)22-14-8-19(3)9-15-22/h4-16H,1-3H3. The lowest BCUT2D eigenvalue weighted by atomic mass is 10.0. The first-order chi connectivity index (χ1) is 13.1. The van der Waals surface area contributed by atoms with Crippen molar-refractivity contribution in [1.29, 1.82) is 0 Å². The minimum Gasteiger partial charge on any atom is -0.252 e. The fourth-order valence-electron chi connectivity index (χ4n) is 3.09. The van der Waals surface area contributed by atoms with Gasteiger partial charge < -0.3 is 0 Å². The number of nitrogens with zero attached hydrogens (tertiary/aromatic N) is 2. The van der Waals surface area contributed by atoms with Gasteiger partial charge in [-0.1, -0.05) is 89.5 Å². The normalized spacial score (nSPS) is 10.8. The number of benzene rings is 3. The van der Waals surface area contributed by atoms with E-state index in [-0.39, 0.29) is 0 Å². The topological polar surface area (TPSA) is 25.8 Å². The van der Waals surface area contributed by atoms with E-state index in [4.69, 9.17) is 9.97 Å². The van der Waals surface area contributed by atoms with Crippen LogP contribution < -0.4 is 0 Å². The summed E-state index contributed by atoms with van der Waals surface area (Å²) in [6, 6.07) is 25.4. The molecule has 0 aliphatic carbocycles. The zero-order valence-electron chi connectivity index (χ0n) is 15.9. The second-order valence-electron chi connectivity index (χ2n) is 7.05. The molecule has 0 unspecified atom stereocenters. The molecule has 2 heteroatoms. The van der Waals surface area contributed by atoms with E-state index in [2.05, 4.69) is 93.6 Å². The first-order valence-corrected chi connectivity index (χ1v) is 9.18. The third kappa shape index (κ3) is 3.65. The first-order valence-electron chi connectivity index (χ1n) is 9.18. The summed E-state index contributed by atoms with van der Waals surface area (Å²) >= 11 is 0. The Kier molecular flexibility index (Phi) is 4.55. The van der Waals surface area contributed by atoms with Crippen molar-refractivity contribution in [1.82, 2.24) is 9.97 Å². The second kappa shape index (κ2) is 7.16. The number of aryl methyl sites for hydroxylation is 3. The van der Waals surface area contributed by atoms with Gasteiger partial charge in [-0.05, 0) is 20.8 Å². The summed E-state index contributed by atoms with van der Waals surface area (Å²) in [6.07, 6.45) is 1.87. The van der Waals surface area contributed by atoms with Crippen LogP contribution in [0.1, 0.15) is 16.7 Å². The van der Waals surface area contributed by atoms with Crippen LogP contribution in [0.4, 0.5) is 0 Å². The van der Waals surface area contributed by atoms with Crippen LogP contribution in [0.2, 0.25) is 0 Å². The van der Waals surface area contributed by atoms with Gasteiger partial charge >= 0.3 is 0 Å². The van der Waals surface area contributed by atoms with E-state index in [9.17, 15) is 0 Å². The fourth-order valence-corrected chi connectivity index (χ4v) is 3.09. The monoisotopic (exact) mass is 350 g/mol. The van der Waals surface area contributed by atoms with Crippen molar-refractivity contribution < 1.29 is 0 Å². The zero-order chi connectivity index (χ0) is 18.8. The Hall–Kier alpha value is -3.26. The highest BCUT2D eigenvalue weighted by Crippen LogP contribution is 2.31. The molecule has 4 rings (SSSR count). The van der Waals surface area contributed by atoms with Crippen LogP contribution in [-0.4, -0.2) is 9.97 Å². The van der Waals surface area contributed by atoms with Crippen LogP contribution in [0.25, 0.3) is 33.8 Å². The lowest BCUT2D eigenvalue weighted by molar-refractivity contribution is 1.21. The van der Waals surface area contributed by atoms with Crippen LogP contribution in [-0.2, 0) is 0 Å². The second-order valence-corrected chi connectivity index (χ2v) is 7.05. The number of hydrogen-bond donors (Lipinski definition) is 0. The summed E-state index contributed by atoms with van der Waals surface area (Å²) in [5.74, 6) is 0. The average molecular weight is 350 g/mol. The Labute approximate surface area is 160 Å². The quantitative estimate of drug-likeness (QED) is 0.427. The first kappa shape index (κ1) is 17.2. The molecule has 132 valence electrons. The van der Waals surface area contributed by atoms with Gasteiger partial charge in [-0.15, -0.1) is 0 Å². The Bertz CT molecular complexity index is 1060. The van der Waals surface area contributed by atoms with Crippen molar-refractivity contribution in [3.63, 3.8) is 0 Å². The van der Waals surface area contributed by atoms with Gasteiger partial charge in [-0.2, -0.15) is 0 Å². The molecule has 2 nitrogen and oxygen atoms in total. The van der Waals surface area contributed by atoms with Crippen LogP contribution in [0.15, 0.2) is 79.0 Å². The van der Waals surface area contributed by atoms with Crippen LogP contribution >= 0.6 is 0 Å². The molecule has 1 aromatic heterocycles. The van der Waals surface area contributed by atoms with Gasteiger partial charge in [-0.3, -0.25) is 4.98 Å². The fraction of sp³-hybridized carbons (Fsp3) is 0.120. The van der Waals surface area contributed by atoms with E-state index in [1.165, 1.54) is 16.7 Å². The SMILES string of the molecule is Cc1ccc(-c2cnc(-c3ccc(C)cc3)c(-c3ccc(C)cc3)n2)cc1. The van der Waals surface area contributed by atoms with E-state index in [0.29, 0.717) is 0 Å². The molecule has 0 amide bonds. The van der Waals surface area contributed by atoms with E-state index < -0.39 is 0 Å². The van der Waals surface area contributed by atoms with Crippen molar-refractivity contribution in [2.75, 3.05) is 0 Å². The van der Waals surface area contributed by atoms with Crippen molar-refractivity contribution in [3.8, 4) is 33.8 Å². The van der Waals surface area contributed by atoms with Crippen molar-refractivity contribution in [3.05, 3.63) is 95.7 Å². The highest BCUT2D eigenvalue weighted by molar-refractivity contribution is 5.79. The maximum Gasteiger partial charge on any atom is 0.0972 e. The lowest BCUT2D eigenvalue weighted by Gasteiger charge is -2.12. The highest BCUT2D eigenvalue weighted by Gasteiger charge is 2.13. The van der Waals surface area contributed by atoms with Crippen molar-refractivity contribution in [2.24, 2.45) is 0 Å². The van der Waals surface area contributed by atoms with Gasteiger partial charge in [0.1, 0.15) is 0 Å². The Balaban J connectivity index is 1.89. The van der Waals surface area contributed by atoms with Crippen LogP contribution in [0, 0.1) is 20.8 Å². The number of aromatic nitrogens is 2. The van der Waals surface area contributed by atoms with Gasteiger partial charge in [0, 0.05) is 16.7 Å². The molecular formula is C25H22N2. The summed E-state index contributed by atoms with van der Waals surface area (Å²) < 4.78 is 0. The van der Waals surface area contributed by atoms with Gasteiger partial charge in [-0.25, -0.2) is 4.98 Å². The molecule has 0 saturated carbocycles. The molecule has 0 saturated heterocycles. The molecule has 0 N–H and O–H groups in total. The molecule has 1 heterocycles. The predicted molar refractivity (Wildman–Crippen MR) is 113 cm³/mol. The highest BCUT2D eigenvalue weighted by atomic mass is 14.8. The Morgan fingerprint density at radius 1 is 0.481 bits per heavy atom. The lowest BCUT2D eigenvalue weighted by Crippen LogP contribution is -1.96. The molecule has 4 aromatic rings. The van der Waals surface area contributed by atoms with Crippen LogP contribution in [0.3, 0.4) is 0 Å². The van der Waals surface area contributed by atoms with Gasteiger partial charge in [0.05, 0.1) is 23.3 Å². The predicted octanol–water partition coefficient (Wildman–Crippen LogP) is 6.40. The maximum absolute atomic E-state index is 5.01. The van der Waals surface area contributed by atoms with Gasteiger partial charge in [0.15, 0.2) is 0 Å². The smallest absolute Gasteiger partial charge is 0.0972 e. The molecule has 0 atom stereocenters. The molecule has 0 aliphatic heterocycles. The third-order valence-electron chi connectivity index (χ3n) is 4.77. The molecule has 0 radical (unpaired) electrons. The Morgan fingerprint density at radius 2 is 0.889 bits per heavy atom. The summed E-state index contributed by atoms with van der Waals surface area (Å²) in [5, 5.41) is 0. The van der Waals surface area contributed by atoms with Crippen molar-refractivity contribution in [2.45, 2.75) is 20.8 Å². The number of hydrogen-bond acceptors (Lipinski definition) is 2. The average Bonchev–Trinajstić information content (AvgIpc) is 2.69. The molecule has 0 bridgehead atoms. The molecule has 0 spiro atoms. The van der Waals surface area contributed by atoms with E-state index in [0.717, 1.165) is 33.8 Å². The molecule has 3 aromatic carbocycles. The molecular weight excluding hydrogens is 328 g/mol. The van der Waals surface area contributed by atoms with E-state index in [1.807, 2.05) is 6.20 Å². The van der Waals surface area contributed by atoms with E-state index >= 15 is 0 Å². The maximum atomic E-state index is 5.01. The summed E-state index contributed by atoms with van der Waals surface area (Å²) in [6.45, 7) is 6.28. The molecule has 0 fully saturated rings. The Morgan fingerprint density at radius 3 is 1.37 bits per heavy atom. The van der Waals surface area contributed by atoms with Crippen LogP contribution in [0.5, 0.6) is 0 Å². The molecule has 0 aliphatic rings. The zero-order valence-corrected chi connectivity index (χ0v) is 15.9. The molecule has 27 heavy (non-hydrogen) atoms. The summed E-state index contributed by atoms with van der Waals surface area (Å²) in [5.41, 5.74) is 9.67. The van der Waals surface area contributed by atoms with Gasteiger partial charge in [0.25, 0.3) is 0 Å². The summed E-state index contributed by atoms with van der Waals surface area (Å²) in [7, 11) is 0. The minimum absolute atomic E-state index is 0.890. The third-order valence-corrected chi connectivity index (χ3v) is 4.77.